The molecule has 150 valence electrons. The monoisotopic (exact) mass is 395 g/mol. The van der Waals surface area contributed by atoms with E-state index in [1.54, 1.807) is 0 Å². The molecule has 0 fully saturated rings. The van der Waals surface area contributed by atoms with Crippen molar-refractivity contribution >= 4 is 29.5 Å². The summed E-state index contributed by atoms with van der Waals surface area (Å²) in [5, 5.41) is 14.5. The minimum Gasteiger partial charge on any atom is -0.480 e. The van der Waals surface area contributed by atoms with Crippen LogP contribution >= 0.6 is 11.8 Å². The third-order valence-corrected chi connectivity index (χ3v) is 4.81. The van der Waals surface area contributed by atoms with Gasteiger partial charge in [-0.3, -0.25) is 9.59 Å². The minimum atomic E-state index is -1.10. The number of nitrogens with two attached hydrogens (primary N) is 1. The number of thioether (sulfide) groups is 1. The summed E-state index contributed by atoms with van der Waals surface area (Å²) in [4.78, 5) is 36.5. The Bertz CT molecular complexity index is 625. The molecule has 0 aliphatic carbocycles. The first-order valence-corrected chi connectivity index (χ1v) is 10.3. The zero-order valence-corrected chi connectivity index (χ0v) is 16.8. The molecule has 0 unspecified atom stereocenters. The van der Waals surface area contributed by atoms with Gasteiger partial charge in [0.05, 0.1) is 6.04 Å². The van der Waals surface area contributed by atoms with Crippen LogP contribution in [0.25, 0.3) is 0 Å². The number of carbonyl (C=O) groups is 3. The van der Waals surface area contributed by atoms with Crippen molar-refractivity contribution < 1.29 is 19.5 Å². The van der Waals surface area contributed by atoms with E-state index in [1.165, 1.54) is 11.8 Å². The lowest BCUT2D eigenvalue weighted by Gasteiger charge is -2.24. The average Bonchev–Trinajstić information content (AvgIpc) is 2.64. The van der Waals surface area contributed by atoms with Gasteiger partial charge in [0.1, 0.15) is 12.1 Å². The Morgan fingerprint density at radius 2 is 1.67 bits per heavy atom. The molecule has 7 nitrogen and oxygen atoms in total. The Balaban J connectivity index is 2.92. The summed E-state index contributed by atoms with van der Waals surface area (Å²) in [6.07, 6.45) is 2.42. The van der Waals surface area contributed by atoms with Crippen molar-refractivity contribution in [3.63, 3.8) is 0 Å². The molecule has 0 aliphatic heterocycles. The summed E-state index contributed by atoms with van der Waals surface area (Å²) in [5.41, 5.74) is 6.73. The number of rotatable bonds is 11. The second kappa shape index (κ2) is 11.6. The van der Waals surface area contributed by atoms with Crippen LogP contribution in [0.5, 0.6) is 0 Å². The zero-order valence-electron chi connectivity index (χ0n) is 16.0. The Kier molecular flexibility index (Phi) is 9.88. The summed E-state index contributed by atoms with van der Waals surface area (Å²) >= 11 is 1.50. The average molecular weight is 396 g/mol. The smallest absolute Gasteiger partial charge is 0.326 e. The molecule has 27 heavy (non-hydrogen) atoms. The van der Waals surface area contributed by atoms with E-state index < -0.39 is 35.9 Å². The normalized spacial score (nSPS) is 14.3. The van der Waals surface area contributed by atoms with Crippen molar-refractivity contribution in [3.05, 3.63) is 35.9 Å². The second-order valence-corrected chi connectivity index (χ2v) is 7.69. The number of hydrogen-bond acceptors (Lipinski definition) is 5. The number of carboxylic acid groups (broad SMARTS) is 1. The van der Waals surface area contributed by atoms with Gasteiger partial charge >= 0.3 is 5.97 Å². The fourth-order valence-corrected chi connectivity index (χ4v) is 2.87. The lowest BCUT2D eigenvalue weighted by Crippen LogP contribution is -2.56. The van der Waals surface area contributed by atoms with Crippen molar-refractivity contribution in [3.8, 4) is 0 Å². The molecule has 5 N–H and O–H groups in total. The fraction of sp³-hybridized carbons (Fsp3) is 0.526. The van der Waals surface area contributed by atoms with Gasteiger partial charge in [0.2, 0.25) is 11.8 Å². The van der Waals surface area contributed by atoms with Crippen LogP contribution in [0.2, 0.25) is 0 Å². The number of carbonyl (C=O) groups excluding carboxylic acids is 2. The molecule has 1 aromatic rings. The number of amides is 2. The minimum absolute atomic E-state index is 0.0845. The first-order chi connectivity index (χ1) is 12.8. The number of hydrogen-bond donors (Lipinski definition) is 4. The van der Waals surface area contributed by atoms with E-state index in [4.69, 9.17) is 5.73 Å². The highest BCUT2D eigenvalue weighted by atomic mass is 32.2. The molecule has 8 heteroatoms. The Morgan fingerprint density at radius 3 is 2.19 bits per heavy atom. The summed E-state index contributed by atoms with van der Waals surface area (Å²) in [5.74, 6) is -1.54. The molecule has 0 radical (unpaired) electrons. The lowest BCUT2D eigenvalue weighted by atomic mass is 10.0. The van der Waals surface area contributed by atoms with Crippen LogP contribution in [0.4, 0.5) is 0 Å². The Labute approximate surface area is 164 Å². The van der Waals surface area contributed by atoms with Crippen molar-refractivity contribution in [1.82, 2.24) is 10.6 Å². The highest BCUT2D eigenvalue weighted by Crippen LogP contribution is 2.07. The predicted octanol–water partition coefficient (Wildman–Crippen LogP) is 1.02. The van der Waals surface area contributed by atoms with Crippen molar-refractivity contribution in [2.75, 3.05) is 12.0 Å². The molecule has 0 saturated heterocycles. The molecule has 2 amide bonds. The van der Waals surface area contributed by atoms with Crippen molar-refractivity contribution in [2.45, 2.75) is 44.8 Å². The van der Waals surface area contributed by atoms with Gasteiger partial charge in [0.15, 0.2) is 0 Å². The van der Waals surface area contributed by atoms with Gasteiger partial charge in [-0.05, 0) is 29.9 Å². The van der Waals surface area contributed by atoms with E-state index in [0.29, 0.717) is 12.2 Å². The molecule has 0 spiro atoms. The van der Waals surface area contributed by atoms with Crippen LogP contribution in [0.3, 0.4) is 0 Å². The van der Waals surface area contributed by atoms with Gasteiger partial charge < -0.3 is 21.5 Å². The van der Waals surface area contributed by atoms with E-state index in [-0.39, 0.29) is 12.3 Å². The van der Waals surface area contributed by atoms with Gasteiger partial charge in [0.25, 0.3) is 0 Å². The Hall–Kier alpha value is -2.06. The van der Waals surface area contributed by atoms with Crippen LogP contribution in [0.1, 0.15) is 25.8 Å². The summed E-state index contributed by atoms with van der Waals surface area (Å²) < 4.78 is 0. The van der Waals surface area contributed by atoms with Crippen LogP contribution in [-0.4, -0.2) is 53.0 Å². The van der Waals surface area contributed by atoms with Crippen molar-refractivity contribution in [2.24, 2.45) is 11.7 Å². The van der Waals surface area contributed by atoms with E-state index >= 15 is 0 Å². The number of nitrogens with one attached hydrogen (secondary N) is 2. The molecule has 0 bridgehead atoms. The first-order valence-electron chi connectivity index (χ1n) is 8.88. The summed E-state index contributed by atoms with van der Waals surface area (Å²) in [6.45, 7) is 3.64. The Morgan fingerprint density at radius 1 is 1.07 bits per heavy atom. The fourth-order valence-electron chi connectivity index (χ4n) is 2.40. The molecular formula is C19H29N3O4S. The number of benzene rings is 1. The molecule has 1 aromatic carbocycles. The molecule has 0 aromatic heterocycles. The third-order valence-electron chi connectivity index (χ3n) is 4.16. The van der Waals surface area contributed by atoms with Gasteiger partial charge in [-0.2, -0.15) is 11.8 Å². The quantitative estimate of drug-likeness (QED) is 0.444. The van der Waals surface area contributed by atoms with Gasteiger partial charge in [-0.1, -0.05) is 44.2 Å². The lowest BCUT2D eigenvalue weighted by molar-refractivity contribution is -0.142. The van der Waals surface area contributed by atoms with Crippen LogP contribution in [-0.2, 0) is 20.8 Å². The van der Waals surface area contributed by atoms with Gasteiger partial charge in [-0.15, -0.1) is 0 Å². The van der Waals surface area contributed by atoms with Crippen molar-refractivity contribution in [1.29, 1.82) is 0 Å². The van der Waals surface area contributed by atoms with Gasteiger partial charge in [-0.25, -0.2) is 4.79 Å². The maximum atomic E-state index is 12.7. The molecule has 0 aliphatic rings. The molecule has 0 heterocycles. The van der Waals surface area contributed by atoms with Crippen LogP contribution in [0, 0.1) is 5.92 Å². The van der Waals surface area contributed by atoms with E-state index in [2.05, 4.69) is 10.6 Å². The van der Waals surface area contributed by atoms with Gasteiger partial charge in [0, 0.05) is 6.42 Å². The maximum Gasteiger partial charge on any atom is 0.326 e. The van der Waals surface area contributed by atoms with E-state index in [9.17, 15) is 19.5 Å². The largest absolute Gasteiger partial charge is 0.480 e. The van der Waals surface area contributed by atoms with Crippen LogP contribution < -0.4 is 16.4 Å². The summed E-state index contributed by atoms with van der Waals surface area (Å²) in [6, 6.07) is 6.57. The highest BCUT2D eigenvalue weighted by Gasteiger charge is 2.28. The van der Waals surface area contributed by atoms with Crippen LogP contribution in [0.15, 0.2) is 30.3 Å². The standard InChI is InChI=1S/C19H29N3O4S/c1-12(2)16(20)18(24)22-15(11-13-7-5-4-6-8-13)17(23)21-14(19(25)26)9-10-27-3/h4-8,12,14-16H,9-11,20H2,1-3H3,(H,21,23)(H,22,24)(H,25,26)/t14-,15-,16-/m0/s1. The number of aliphatic carboxylic acids is 1. The summed E-state index contributed by atoms with van der Waals surface area (Å²) in [7, 11) is 0. The SMILES string of the molecule is CSCC[C@H](NC(=O)[C@H](Cc1ccccc1)NC(=O)[C@@H](N)C(C)C)C(=O)O. The number of carboxylic acids is 1. The first kappa shape index (κ1) is 23.0. The predicted molar refractivity (Wildman–Crippen MR) is 107 cm³/mol. The molecule has 3 atom stereocenters. The molecular weight excluding hydrogens is 366 g/mol. The topological polar surface area (TPSA) is 122 Å². The van der Waals surface area contributed by atoms with E-state index in [0.717, 1.165) is 5.56 Å². The maximum absolute atomic E-state index is 12.7. The third kappa shape index (κ3) is 8.01. The zero-order chi connectivity index (χ0) is 20.4. The highest BCUT2D eigenvalue weighted by molar-refractivity contribution is 7.98. The molecule has 1 rings (SSSR count). The molecule has 0 saturated carbocycles. The second-order valence-electron chi connectivity index (χ2n) is 6.70. The van der Waals surface area contributed by atoms with E-state index in [1.807, 2.05) is 50.4 Å².